The molecule has 2 rings (SSSR count). The Balaban J connectivity index is 1.99. The molecule has 0 heterocycles. The highest BCUT2D eigenvalue weighted by Crippen LogP contribution is 2.11. The summed E-state index contributed by atoms with van der Waals surface area (Å²) in [4.78, 5) is 24.8. The van der Waals surface area contributed by atoms with Crippen molar-refractivity contribution in [1.29, 1.82) is 0 Å². The van der Waals surface area contributed by atoms with Crippen molar-refractivity contribution in [1.82, 2.24) is 0 Å². The van der Waals surface area contributed by atoms with E-state index in [1.54, 1.807) is 36.4 Å². The zero-order chi connectivity index (χ0) is 17.7. The van der Waals surface area contributed by atoms with Gasteiger partial charge < -0.3 is 10.2 Å². The summed E-state index contributed by atoms with van der Waals surface area (Å²) in [6, 6.07) is 12.9. The van der Waals surface area contributed by atoms with Gasteiger partial charge in [-0.05, 0) is 38.1 Å². The van der Waals surface area contributed by atoms with E-state index in [9.17, 15) is 14.0 Å². The van der Waals surface area contributed by atoms with E-state index in [-0.39, 0.29) is 23.5 Å². The Morgan fingerprint density at radius 2 is 1.83 bits per heavy atom. The normalized spacial score (nSPS) is 13.2. The van der Waals surface area contributed by atoms with E-state index in [0.717, 1.165) is 10.5 Å². The number of likely N-dealkylation sites (N-methyl/N-ethyl adjacent to an activating group) is 1. The van der Waals surface area contributed by atoms with E-state index in [0.29, 0.717) is 17.8 Å². The highest BCUT2D eigenvalue weighted by atomic mass is 19.1. The van der Waals surface area contributed by atoms with E-state index >= 15 is 0 Å². The van der Waals surface area contributed by atoms with Crippen LogP contribution in [0.2, 0.25) is 0 Å². The van der Waals surface area contributed by atoms with Crippen LogP contribution >= 0.6 is 0 Å². The molecule has 24 heavy (non-hydrogen) atoms. The van der Waals surface area contributed by atoms with Crippen LogP contribution in [0.4, 0.5) is 10.1 Å². The number of quaternary nitrogens is 1. The Hall–Kier alpha value is -2.53. The Bertz CT molecular complexity index is 728. The second-order valence-corrected chi connectivity index (χ2v) is 6.00. The maximum absolute atomic E-state index is 12.9. The van der Waals surface area contributed by atoms with E-state index in [1.165, 1.54) is 19.1 Å². The number of benzene rings is 2. The first-order chi connectivity index (χ1) is 11.4. The molecule has 0 aromatic heterocycles. The van der Waals surface area contributed by atoms with Gasteiger partial charge in [0.2, 0.25) is 0 Å². The molecular weight excluding hydrogens is 307 g/mol. The Morgan fingerprint density at radius 1 is 1.17 bits per heavy atom. The lowest BCUT2D eigenvalue weighted by Crippen LogP contribution is -3.12. The zero-order valence-corrected chi connectivity index (χ0v) is 14.1. The molecule has 2 aromatic carbocycles. The van der Waals surface area contributed by atoms with Crippen molar-refractivity contribution in [2.75, 3.05) is 12.4 Å². The fourth-order valence-electron chi connectivity index (χ4n) is 2.37. The third kappa shape index (κ3) is 4.73. The van der Waals surface area contributed by atoms with Crippen LogP contribution in [0.5, 0.6) is 0 Å². The van der Waals surface area contributed by atoms with Crippen molar-refractivity contribution in [2.45, 2.75) is 26.4 Å². The minimum absolute atomic E-state index is 0.0433. The first-order valence-corrected chi connectivity index (χ1v) is 7.85. The van der Waals surface area contributed by atoms with Gasteiger partial charge in [-0.2, -0.15) is 0 Å². The quantitative estimate of drug-likeness (QED) is 0.797. The van der Waals surface area contributed by atoms with Crippen LogP contribution in [-0.2, 0) is 11.3 Å². The predicted molar refractivity (Wildman–Crippen MR) is 91.5 cm³/mol. The van der Waals surface area contributed by atoms with Gasteiger partial charge >= 0.3 is 0 Å². The summed E-state index contributed by atoms with van der Waals surface area (Å²) in [6.45, 7) is 3.94. The minimum Gasteiger partial charge on any atom is -0.324 e. The maximum atomic E-state index is 12.9. The van der Waals surface area contributed by atoms with Crippen LogP contribution in [-0.4, -0.2) is 24.8 Å². The first-order valence-electron chi connectivity index (χ1n) is 7.85. The number of ketones is 1. The molecule has 1 unspecified atom stereocenters. The summed E-state index contributed by atoms with van der Waals surface area (Å²) in [5.74, 6) is -0.443. The molecule has 2 atom stereocenters. The summed E-state index contributed by atoms with van der Waals surface area (Å²) in [6.07, 6.45) is 0. The van der Waals surface area contributed by atoms with Crippen molar-refractivity contribution in [2.24, 2.45) is 0 Å². The molecule has 0 bridgehead atoms. The summed E-state index contributed by atoms with van der Waals surface area (Å²) < 4.78 is 12.9. The van der Waals surface area contributed by atoms with Gasteiger partial charge in [0.15, 0.2) is 11.8 Å². The molecular formula is C19H22FN2O2+. The number of halogens is 1. The lowest BCUT2D eigenvalue weighted by molar-refractivity contribution is -0.907. The van der Waals surface area contributed by atoms with Gasteiger partial charge in [0, 0.05) is 16.8 Å². The van der Waals surface area contributed by atoms with Crippen LogP contribution in [0.1, 0.15) is 29.8 Å². The number of nitrogens with one attached hydrogen (secondary N) is 2. The first kappa shape index (κ1) is 17.8. The molecule has 2 aromatic rings. The fraction of sp³-hybridized carbons (Fsp3) is 0.263. The predicted octanol–water partition coefficient (Wildman–Crippen LogP) is 2.07. The summed E-state index contributed by atoms with van der Waals surface area (Å²) >= 11 is 0. The van der Waals surface area contributed by atoms with Crippen LogP contribution in [0.15, 0.2) is 48.5 Å². The van der Waals surface area contributed by atoms with Crippen LogP contribution < -0.4 is 10.2 Å². The molecule has 1 amide bonds. The van der Waals surface area contributed by atoms with Gasteiger partial charge in [-0.15, -0.1) is 0 Å². The van der Waals surface area contributed by atoms with Crippen molar-refractivity contribution in [3.8, 4) is 0 Å². The number of hydrogen-bond donors (Lipinski definition) is 2. The highest BCUT2D eigenvalue weighted by Gasteiger charge is 2.22. The summed E-state index contributed by atoms with van der Waals surface area (Å²) in [7, 11) is 1.92. The maximum Gasteiger partial charge on any atom is 0.282 e. The van der Waals surface area contributed by atoms with E-state index in [2.05, 4.69) is 5.32 Å². The summed E-state index contributed by atoms with van der Waals surface area (Å²) in [5.41, 5.74) is 2.13. The molecule has 0 aliphatic heterocycles. The zero-order valence-electron chi connectivity index (χ0n) is 14.1. The van der Waals surface area contributed by atoms with E-state index in [4.69, 9.17) is 0 Å². The molecule has 126 valence electrons. The molecule has 0 aliphatic carbocycles. The molecule has 2 N–H and O–H groups in total. The second kappa shape index (κ2) is 7.84. The number of amides is 1. The monoisotopic (exact) mass is 329 g/mol. The van der Waals surface area contributed by atoms with Gasteiger partial charge in [-0.25, -0.2) is 4.39 Å². The van der Waals surface area contributed by atoms with Crippen molar-refractivity contribution in [3.63, 3.8) is 0 Å². The number of Topliss-reactive ketones (excluding diaryl/α,β-unsaturated/α-hetero) is 1. The van der Waals surface area contributed by atoms with Crippen molar-refractivity contribution in [3.05, 3.63) is 65.5 Å². The average Bonchev–Trinajstić information content (AvgIpc) is 2.56. The third-order valence-corrected chi connectivity index (χ3v) is 4.07. The largest absolute Gasteiger partial charge is 0.324 e. The van der Waals surface area contributed by atoms with Crippen LogP contribution in [0, 0.1) is 5.82 Å². The molecule has 0 fully saturated rings. The summed E-state index contributed by atoms with van der Waals surface area (Å²) in [5, 5.41) is 2.84. The van der Waals surface area contributed by atoms with E-state index in [1.807, 2.05) is 14.0 Å². The van der Waals surface area contributed by atoms with Crippen molar-refractivity contribution < 1.29 is 18.9 Å². The number of hydrogen-bond acceptors (Lipinski definition) is 2. The smallest absolute Gasteiger partial charge is 0.282 e. The van der Waals surface area contributed by atoms with Crippen molar-refractivity contribution >= 4 is 17.4 Å². The van der Waals surface area contributed by atoms with Gasteiger partial charge in [0.25, 0.3) is 5.91 Å². The standard InChI is InChI=1S/C19H21FN2O2/c1-13(22(3)12-15-7-9-17(20)10-8-15)19(24)21-18-6-4-5-16(11-18)14(2)23/h4-11,13H,12H2,1-3H3,(H,21,24)/p+1/t13-/m1/s1. The van der Waals surface area contributed by atoms with Gasteiger partial charge in [0.1, 0.15) is 12.4 Å². The highest BCUT2D eigenvalue weighted by molar-refractivity contribution is 5.97. The lowest BCUT2D eigenvalue weighted by atomic mass is 10.1. The van der Waals surface area contributed by atoms with E-state index < -0.39 is 0 Å². The average molecular weight is 329 g/mol. The van der Waals surface area contributed by atoms with Gasteiger partial charge in [-0.1, -0.05) is 24.3 Å². The molecule has 0 spiro atoms. The third-order valence-electron chi connectivity index (χ3n) is 4.07. The number of anilines is 1. The number of carbonyl (C=O) groups excluding carboxylic acids is 2. The van der Waals surface area contributed by atoms with Crippen LogP contribution in [0.3, 0.4) is 0 Å². The number of carbonyl (C=O) groups is 2. The minimum atomic E-state index is -0.295. The molecule has 0 radical (unpaired) electrons. The fourth-order valence-corrected chi connectivity index (χ4v) is 2.37. The lowest BCUT2D eigenvalue weighted by Gasteiger charge is -2.21. The Kier molecular flexibility index (Phi) is 5.82. The second-order valence-electron chi connectivity index (χ2n) is 6.00. The van der Waals surface area contributed by atoms with Crippen LogP contribution in [0.25, 0.3) is 0 Å². The molecule has 0 saturated carbocycles. The molecule has 4 nitrogen and oxygen atoms in total. The molecule has 5 heteroatoms. The van der Waals surface area contributed by atoms with Gasteiger partial charge in [0.05, 0.1) is 7.05 Å². The molecule has 0 aliphatic rings. The topological polar surface area (TPSA) is 50.6 Å². The SMILES string of the molecule is CC(=O)c1cccc(NC(=O)[C@@H](C)[NH+](C)Cc2ccc(F)cc2)c1. The van der Waals surface area contributed by atoms with Gasteiger partial charge in [-0.3, -0.25) is 9.59 Å². The Morgan fingerprint density at radius 3 is 2.46 bits per heavy atom. The number of rotatable bonds is 6. The Labute approximate surface area is 141 Å². The molecule has 0 saturated heterocycles.